The van der Waals surface area contributed by atoms with Crippen LogP contribution in [-0.2, 0) is 0 Å². The van der Waals surface area contributed by atoms with Gasteiger partial charge in [0.2, 0.25) is 0 Å². The molecule has 4 heteroatoms. The third-order valence-corrected chi connectivity index (χ3v) is 3.70. The topological polar surface area (TPSA) is 44.5 Å². The van der Waals surface area contributed by atoms with Crippen LogP contribution in [0, 0.1) is 5.92 Å². The largest absolute Gasteiger partial charge is 0.497 e. The Morgan fingerprint density at radius 1 is 1.29 bits per heavy atom. The summed E-state index contributed by atoms with van der Waals surface area (Å²) in [4.78, 5) is 0. The summed E-state index contributed by atoms with van der Waals surface area (Å²) in [5.41, 5.74) is 7.30. The monoisotopic (exact) mass is 255 g/mol. The molecule has 0 saturated heterocycles. The Balaban J connectivity index is 2.96. The summed E-state index contributed by atoms with van der Waals surface area (Å²) in [5, 5.41) is 0. The van der Waals surface area contributed by atoms with Crippen molar-refractivity contribution in [3.8, 4) is 11.5 Å². The molecule has 2 atom stereocenters. The van der Waals surface area contributed by atoms with Crippen molar-refractivity contribution in [3.05, 3.63) is 23.8 Å². The lowest BCUT2D eigenvalue weighted by atomic mass is 9.96. The Bertz CT molecular complexity index is 357. The highest BCUT2D eigenvalue weighted by molar-refractivity contribution is 7.98. The summed E-state index contributed by atoms with van der Waals surface area (Å²) >= 11 is 1.81. The van der Waals surface area contributed by atoms with Crippen LogP contribution in [0.25, 0.3) is 0 Å². The van der Waals surface area contributed by atoms with Crippen LogP contribution < -0.4 is 15.2 Å². The Morgan fingerprint density at radius 2 is 2.00 bits per heavy atom. The summed E-state index contributed by atoms with van der Waals surface area (Å²) in [6.07, 6.45) is 2.09. The Hall–Kier alpha value is -0.870. The van der Waals surface area contributed by atoms with E-state index in [1.54, 1.807) is 14.2 Å². The normalized spacial score (nSPS) is 14.2. The molecule has 1 rings (SSSR count). The smallest absolute Gasteiger partial charge is 0.127 e. The molecule has 0 bridgehead atoms. The molecule has 3 nitrogen and oxygen atoms in total. The SMILES string of the molecule is COc1ccc(C(N)C(C)CSC)c(OC)c1. The van der Waals surface area contributed by atoms with Crippen molar-refractivity contribution in [1.29, 1.82) is 0 Å². The summed E-state index contributed by atoms with van der Waals surface area (Å²) in [5.74, 6) is 3.03. The fourth-order valence-corrected chi connectivity index (χ4v) is 2.50. The number of hydrogen-bond acceptors (Lipinski definition) is 4. The fourth-order valence-electron chi connectivity index (χ4n) is 1.77. The van der Waals surface area contributed by atoms with Gasteiger partial charge in [0.15, 0.2) is 0 Å². The summed E-state index contributed by atoms with van der Waals surface area (Å²) in [7, 11) is 3.30. The number of ether oxygens (including phenoxy) is 2. The van der Waals surface area contributed by atoms with E-state index >= 15 is 0 Å². The lowest BCUT2D eigenvalue weighted by Gasteiger charge is -2.22. The van der Waals surface area contributed by atoms with E-state index in [4.69, 9.17) is 15.2 Å². The van der Waals surface area contributed by atoms with Gasteiger partial charge >= 0.3 is 0 Å². The van der Waals surface area contributed by atoms with Crippen molar-refractivity contribution in [1.82, 2.24) is 0 Å². The van der Waals surface area contributed by atoms with Crippen molar-refractivity contribution in [2.75, 3.05) is 26.2 Å². The Labute approximate surface area is 108 Å². The van der Waals surface area contributed by atoms with E-state index in [0.29, 0.717) is 5.92 Å². The van der Waals surface area contributed by atoms with Crippen molar-refractivity contribution in [2.45, 2.75) is 13.0 Å². The zero-order valence-corrected chi connectivity index (χ0v) is 11.7. The van der Waals surface area contributed by atoms with E-state index in [1.807, 2.05) is 30.0 Å². The van der Waals surface area contributed by atoms with Crippen LogP contribution in [0.2, 0.25) is 0 Å². The van der Waals surface area contributed by atoms with E-state index in [1.165, 1.54) is 0 Å². The Kier molecular flexibility index (Phi) is 5.65. The van der Waals surface area contributed by atoms with E-state index in [2.05, 4.69) is 13.2 Å². The van der Waals surface area contributed by atoms with Gasteiger partial charge in [0.05, 0.1) is 14.2 Å². The van der Waals surface area contributed by atoms with Gasteiger partial charge in [-0.15, -0.1) is 0 Å². The van der Waals surface area contributed by atoms with Gasteiger partial charge in [-0.05, 0) is 24.0 Å². The standard InChI is InChI=1S/C13H21NO2S/c1-9(8-17-4)13(14)11-6-5-10(15-2)7-12(11)16-3/h5-7,9,13H,8,14H2,1-4H3. The van der Waals surface area contributed by atoms with Gasteiger partial charge in [0.1, 0.15) is 11.5 Å². The molecule has 0 aliphatic heterocycles. The van der Waals surface area contributed by atoms with Crippen LogP contribution >= 0.6 is 11.8 Å². The summed E-state index contributed by atoms with van der Waals surface area (Å²) in [6.45, 7) is 2.16. The number of hydrogen-bond donors (Lipinski definition) is 1. The maximum Gasteiger partial charge on any atom is 0.127 e. The summed E-state index contributed by atoms with van der Waals surface area (Å²) < 4.78 is 10.5. The first-order valence-electron chi connectivity index (χ1n) is 5.60. The average Bonchev–Trinajstić information content (AvgIpc) is 2.37. The van der Waals surface area contributed by atoms with Gasteiger partial charge in [-0.3, -0.25) is 0 Å². The molecule has 1 aromatic rings. The van der Waals surface area contributed by atoms with Crippen molar-refractivity contribution >= 4 is 11.8 Å². The zero-order valence-electron chi connectivity index (χ0n) is 10.9. The second kappa shape index (κ2) is 6.77. The van der Waals surface area contributed by atoms with Crippen molar-refractivity contribution in [3.63, 3.8) is 0 Å². The lowest BCUT2D eigenvalue weighted by Crippen LogP contribution is -2.21. The van der Waals surface area contributed by atoms with E-state index in [0.717, 1.165) is 22.8 Å². The lowest BCUT2D eigenvalue weighted by molar-refractivity contribution is 0.383. The minimum atomic E-state index is -0.0108. The molecule has 0 saturated carbocycles. The molecule has 96 valence electrons. The molecule has 0 heterocycles. The third kappa shape index (κ3) is 3.54. The van der Waals surface area contributed by atoms with Crippen LogP contribution in [0.1, 0.15) is 18.5 Å². The first kappa shape index (κ1) is 14.2. The molecule has 0 spiro atoms. The van der Waals surface area contributed by atoms with Gasteiger partial charge in [-0.1, -0.05) is 13.0 Å². The molecule has 0 fully saturated rings. The number of thioether (sulfide) groups is 1. The Morgan fingerprint density at radius 3 is 2.53 bits per heavy atom. The van der Waals surface area contributed by atoms with Crippen LogP contribution in [0.15, 0.2) is 18.2 Å². The quantitative estimate of drug-likeness (QED) is 0.849. The number of methoxy groups -OCH3 is 2. The summed E-state index contributed by atoms with van der Waals surface area (Å²) in [6, 6.07) is 5.77. The minimum Gasteiger partial charge on any atom is -0.497 e. The van der Waals surface area contributed by atoms with Gasteiger partial charge in [-0.25, -0.2) is 0 Å². The van der Waals surface area contributed by atoms with Gasteiger partial charge in [-0.2, -0.15) is 11.8 Å². The molecule has 1 aromatic carbocycles. The molecule has 0 aliphatic carbocycles. The number of nitrogens with two attached hydrogens (primary N) is 1. The molecule has 0 amide bonds. The van der Waals surface area contributed by atoms with Gasteiger partial charge in [0.25, 0.3) is 0 Å². The molecular weight excluding hydrogens is 234 g/mol. The van der Waals surface area contributed by atoms with Crippen molar-refractivity contribution < 1.29 is 9.47 Å². The molecule has 2 unspecified atom stereocenters. The highest BCUT2D eigenvalue weighted by atomic mass is 32.2. The second-order valence-electron chi connectivity index (χ2n) is 4.07. The van der Waals surface area contributed by atoms with Crippen LogP contribution in [-0.4, -0.2) is 26.2 Å². The first-order chi connectivity index (χ1) is 8.13. The second-order valence-corrected chi connectivity index (χ2v) is 4.98. The predicted octanol–water partition coefficient (Wildman–Crippen LogP) is 2.70. The van der Waals surface area contributed by atoms with E-state index in [-0.39, 0.29) is 6.04 Å². The zero-order chi connectivity index (χ0) is 12.8. The molecule has 0 radical (unpaired) electrons. The average molecular weight is 255 g/mol. The van der Waals surface area contributed by atoms with Crippen molar-refractivity contribution in [2.24, 2.45) is 11.7 Å². The molecular formula is C13H21NO2S. The van der Waals surface area contributed by atoms with E-state index < -0.39 is 0 Å². The maximum atomic E-state index is 6.26. The van der Waals surface area contributed by atoms with Crippen LogP contribution in [0.4, 0.5) is 0 Å². The molecule has 0 aromatic heterocycles. The fraction of sp³-hybridized carbons (Fsp3) is 0.538. The highest BCUT2D eigenvalue weighted by Gasteiger charge is 2.18. The van der Waals surface area contributed by atoms with Gasteiger partial charge < -0.3 is 15.2 Å². The third-order valence-electron chi connectivity index (χ3n) is 2.84. The first-order valence-corrected chi connectivity index (χ1v) is 6.99. The number of benzene rings is 1. The minimum absolute atomic E-state index is 0.0108. The highest BCUT2D eigenvalue weighted by Crippen LogP contribution is 2.32. The van der Waals surface area contributed by atoms with E-state index in [9.17, 15) is 0 Å². The molecule has 0 aliphatic rings. The maximum absolute atomic E-state index is 6.26. The number of rotatable bonds is 6. The van der Waals surface area contributed by atoms with Gasteiger partial charge in [0, 0.05) is 17.7 Å². The van der Waals surface area contributed by atoms with Crippen LogP contribution in [0.5, 0.6) is 11.5 Å². The predicted molar refractivity (Wildman–Crippen MR) is 74.0 cm³/mol. The van der Waals surface area contributed by atoms with Crippen LogP contribution in [0.3, 0.4) is 0 Å². The molecule has 2 N–H and O–H groups in total. The molecule has 17 heavy (non-hydrogen) atoms.